The highest BCUT2D eigenvalue weighted by atomic mass is 16.4. The maximum atomic E-state index is 11.2. The van der Waals surface area contributed by atoms with Gasteiger partial charge in [-0.3, -0.25) is 9.59 Å². The molecule has 0 radical (unpaired) electrons. The van der Waals surface area contributed by atoms with Crippen molar-refractivity contribution in [1.82, 2.24) is 0 Å². The van der Waals surface area contributed by atoms with Gasteiger partial charge in [0.05, 0.1) is 0 Å². The first-order valence-electron chi connectivity index (χ1n) is 6.68. The topological polar surface area (TPSA) is 54.4 Å². The molecule has 1 unspecified atom stereocenters. The first-order chi connectivity index (χ1) is 7.94. The molecule has 3 heteroatoms. The van der Waals surface area contributed by atoms with Crippen LogP contribution in [-0.2, 0) is 9.59 Å². The van der Waals surface area contributed by atoms with Gasteiger partial charge in [-0.1, -0.05) is 32.6 Å². The fourth-order valence-electron chi connectivity index (χ4n) is 2.89. The van der Waals surface area contributed by atoms with Gasteiger partial charge >= 0.3 is 5.97 Å². The highest BCUT2D eigenvalue weighted by Crippen LogP contribution is 2.40. The van der Waals surface area contributed by atoms with Gasteiger partial charge < -0.3 is 5.11 Å². The lowest BCUT2D eigenvalue weighted by Crippen LogP contribution is -2.24. The van der Waals surface area contributed by atoms with Crippen molar-refractivity contribution in [3.63, 3.8) is 0 Å². The van der Waals surface area contributed by atoms with E-state index >= 15 is 0 Å². The SMILES string of the molecule is CC(=O)C(CCCC1(C)CCCCC1)C(=O)O. The molecule has 1 fully saturated rings. The molecular formula is C14H24O3. The zero-order valence-electron chi connectivity index (χ0n) is 11.0. The lowest BCUT2D eigenvalue weighted by molar-refractivity contribution is -0.146. The van der Waals surface area contributed by atoms with Crippen LogP contribution in [0.25, 0.3) is 0 Å². The monoisotopic (exact) mass is 240 g/mol. The molecule has 1 aliphatic rings. The summed E-state index contributed by atoms with van der Waals surface area (Å²) >= 11 is 0. The van der Waals surface area contributed by atoms with Gasteiger partial charge in [0.2, 0.25) is 0 Å². The number of ketones is 1. The van der Waals surface area contributed by atoms with Gasteiger partial charge in [-0.15, -0.1) is 0 Å². The smallest absolute Gasteiger partial charge is 0.314 e. The standard InChI is InChI=1S/C14H24O3/c1-11(15)12(13(16)17)7-6-10-14(2)8-4-3-5-9-14/h12H,3-10H2,1-2H3,(H,16,17). The average Bonchev–Trinajstić information content (AvgIpc) is 2.24. The lowest BCUT2D eigenvalue weighted by Gasteiger charge is -2.33. The van der Waals surface area contributed by atoms with Crippen LogP contribution in [0.15, 0.2) is 0 Å². The van der Waals surface area contributed by atoms with Crippen LogP contribution in [0.2, 0.25) is 0 Å². The molecule has 1 rings (SSSR count). The number of carbonyl (C=O) groups is 2. The first kappa shape index (κ1) is 14.2. The summed E-state index contributed by atoms with van der Waals surface area (Å²) in [5.41, 5.74) is 0.387. The van der Waals surface area contributed by atoms with Crippen molar-refractivity contribution in [2.75, 3.05) is 0 Å². The van der Waals surface area contributed by atoms with Gasteiger partial charge in [0.25, 0.3) is 0 Å². The molecule has 1 N–H and O–H groups in total. The second kappa shape index (κ2) is 6.18. The van der Waals surface area contributed by atoms with Crippen molar-refractivity contribution in [2.45, 2.75) is 65.2 Å². The van der Waals surface area contributed by atoms with Crippen molar-refractivity contribution in [3.8, 4) is 0 Å². The normalized spacial score (nSPS) is 20.8. The van der Waals surface area contributed by atoms with E-state index in [1.54, 1.807) is 0 Å². The Morgan fingerprint density at radius 1 is 1.24 bits per heavy atom. The molecule has 0 heterocycles. The van der Waals surface area contributed by atoms with E-state index in [0.717, 1.165) is 12.8 Å². The average molecular weight is 240 g/mol. The van der Waals surface area contributed by atoms with E-state index in [-0.39, 0.29) is 5.78 Å². The fraction of sp³-hybridized carbons (Fsp3) is 0.857. The van der Waals surface area contributed by atoms with Crippen LogP contribution in [0.3, 0.4) is 0 Å². The van der Waals surface area contributed by atoms with Crippen molar-refractivity contribution in [1.29, 1.82) is 0 Å². The van der Waals surface area contributed by atoms with E-state index in [1.165, 1.54) is 39.0 Å². The van der Waals surface area contributed by atoms with Crippen molar-refractivity contribution < 1.29 is 14.7 Å². The molecule has 1 atom stereocenters. The largest absolute Gasteiger partial charge is 0.481 e. The van der Waals surface area contributed by atoms with Crippen LogP contribution in [0.1, 0.15) is 65.2 Å². The lowest BCUT2D eigenvalue weighted by atomic mass is 9.72. The molecule has 0 aromatic carbocycles. The highest BCUT2D eigenvalue weighted by Gasteiger charge is 2.28. The zero-order chi connectivity index (χ0) is 12.9. The van der Waals surface area contributed by atoms with Crippen LogP contribution in [0, 0.1) is 11.3 Å². The Morgan fingerprint density at radius 3 is 2.29 bits per heavy atom. The summed E-state index contributed by atoms with van der Waals surface area (Å²) in [6.45, 7) is 3.68. The molecule has 3 nitrogen and oxygen atoms in total. The molecule has 0 spiro atoms. The van der Waals surface area contributed by atoms with Gasteiger partial charge in [-0.2, -0.15) is 0 Å². The van der Waals surface area contributed by atoms with E-state index < -0.39 is 11.9 Å². The summed E-state index contributed by atoms with van der Waals surface area (Å²) in [6.07, 6.45) is 8.85. The van der Waals surface area contributed by atoms with Crippen LogP contribution >= 0.6 is 0 Å². The predicted molar refractivity (Wildman–Crippen MR) is 66.8 cm³/mol. The van der Waals surface area contributed by atoms with Crippen molar-refractivity contribution in [3.05, 3.63) is 0 Å². The Kier molecular flexibility index (Phi) is 5.16. The number of hydrogen-bond acceptors (Lipinski definition) is 2. The molecular weight excluding hydrogens is 216 g/mol. The summed E-state index contributed by atoms with van der Waals surface area (Å²) in [5.74, 6) is -1.97. The third-order valence-corrected chi connectivity index (χ3v) is 4.12. The summed E-state index contributed by atoms with van der Waals surface area (Å²) in [6, 6.07) is 0. The Morgan fingerprint density at radius 2 is 1.82 bits per heavy atom. The number of Topliss-reactive ketones (excluding diaryl/α,β-unsaturated/α-hetero) is 1. The van der Waals surface area contributed by atoms with Crippen LogP contribution in [0.5, 0.6) is 0 Å². The van der Waals surface area contributed by atoms with Crippen LogP contribution in [-0.4, -0.2) is 16.9 Å². The molecule has 1 saturated carbocycles. The molecule has 0 aliphatic heterocycles. The van der Waals surface area contributed by atoms with Crippen molar-refractivity contribution in [2.24, 2.45) is 11.3 Å². The number of carboxylic acid groups (broad SMARTS) is 1. The van der Waals surface area contributed by atoms with E-state index in [9.17, 15) is 9.59 Å². The van der Waals surface area contributed by atoms with Gasteiger partial charge in [0.15, 0.2) is 0 Å². The third kappa shape index (κ3) is 4.49. The summed E-state index contributed by atoms with van der Waals surface area (Å²) in [4.78, 5) is 22.0. The number of hydrogen-bond donors (Lipinski definition) is 1. The second-order valence-corrected chi connectivity index (χ2v) is 5.77. The van der Waals surface area contributed by atoms with Gasteiger partial charge in [-0.25, -0.2) is 0 Å². The quantitative estimate of drug-likeness (QED) is 0.724. The van der Waals surface area contributed by atoms with E-state index in [0.29, 0.717) is 11.8 Å². The maximum Gasteiger partial charge on any atom is 0.314 e. The predicted octanol–water partition coefficient (Wildman–Crippen LogP) is 3.42. The van der Waals surface area contributed by atoms with E-state index in [4.69, 9.17) is 5.11 Å². The van der Waals surface area contributed by atoms with Crippen LogP contribution in [0.4, 0.5) is 0 Å². The molecule has 17 heavy (non-hydrogen) atoms. The van der Waals surface area contributed by atoms with E-state index in [1.807, 2.05) is 0 Å². The Balaban J connectivity index is 2.35. The van der Waals surface area contributed by atoms with Gasteiger partial charge in [0.1, 0.15) is 11.7 Å². The molecule has 0 amide bonds. The highest BCUT2D eigenvalue weighted by molar-refractivity contribution is 5.96. The summed E-state index contributed by atoms with van der Waals surface area (Å²) in [7, 11) is 0. The zero-order valence-corrected chi connectivity index (χ0v) is 11.0. The third-order valence-electron chi connectivity index (χ3n) is 4.12. The van der Waals surface area contributed by atoms with Gasteiger partial charge in [-0.05, 0) is 38.0 Å². The van der Waals surface area contributed by atoms with Gasteiger partial charge in [0, 0.05) is 0 Å². The summed E-state index contributed by atoms with van der Waals surface area (Å²) in [5, 5.41) is 8.92. The number of carbonyl (C=O) groups excluding carboxylic acids is 1. The molecule has 0 aromatic rings. The first-order valence-corrected chi connectivity index (χ1v) is 6.68. The Bertz CT molecular complexity index is 263. The van der Waals surface area contributed by atoms with E-state index in [2.05, 4.69) is 6.92 Å². The molecule has 0 aromatic heterocycles. The van der Waals surface area contributed by atoms with Crippen LogP contribution < -0.4 is 0 Å². The molecule has 98 valence electrons. The molecule has 0 saturated heterocycles. The summed E-state index contributed by atoms with van der Waals surface area (Å²) < 4.78 is 0. The Labute approximate surface area is 104 Å². The minimum absolute atomic E-state index is 0.216. The number of aliphatic carboxylic acids is 1. The Hall–Kier alpha value is -0.860. The minimum Gasteiger partial charge on any atom is -0.481 e. The molecule has 1 aliphatic carbocycles. The number of carboxylic acids is 1. The van der Waals surface area contributed by atoms with Crippen molar-refractivity contribution >= 4 is 11.8 Å². The molecule has 0 bridgehead atoms. The fourth-order valence-corrected chi connectivity index (χ4v) is 2.89. The number of rotatable bonds is 6. The maximum absolute atomic E-state index is 11.2. The second-order valence-electron chi connectivity index (χ2n) is 5.77. The minimum atomic E-state index is -0.966.